The Kier molecular flexibility index (Phi) is 11.8. The highest BCUT2D eigenvalue weighted by molar-refractivity contribution is 9.10. The number of nitrogens with one attached hydrogen (secondary N) is 2. The first kappa shape index (κ1) is 26.0. The predicted molar refractivity (Wildman–Crippen MR) is 134 cm³/mol. The second-order valence-electron chi connectivity index (χ2n) is 9.95. The summed E-state index contributed by atoms with van der Waals surface area (Å²) in [5.74, 6) is 0.852. The van der Waals surface area contributed by atoms with Gasteiger partial charge in [-0.25, -0.2) is 4.79 Å². The molecule has 0 aromatic heterocycles. The number of amides is 2. The molecule has 4 nitrogen and oxygen atoms in total. The number of halogens is 1. The summed E-state index contributed by atoms with van der Waals surface area (Å²) in [6, 6.07) is 6.55. The van der Waals surface area contributed by atoms with E-state index >= 15 is 0 Å². The van der Waals surface area contributed by atoms with Crippen LogP contribution in [0.4, 0.5) is 4.79 Å². The SMILES string of the molecule is CC(C)(C)c1ccc(OCCCNC(=O)NC2CCCCCCCCCCC2)c(Br)c1. The van der Waals surface area contributed by atoms with Crippen molar-refractivity contribution in [1.82, 2.24) is 10.6 Å². The molecule has 0 bridgehead atoms. The van der Waals surface area contributed by atoms with Crippen LogP contribution in [0, 0.1) is 0 Å². The van der Waals surface area contributed by atoms with Crippen molar-refractivity contribution in [2.24, 2.45) is 0 Å². The molecule has 1 aliphatic rings. The number of rotatable bonds is 6. The lowest BCUT2D eigenvalue weighted by molar-refractivity contribution is 0.233. The molecule has 0 saturated heterocycles. The van der Waals surface area contributed by atoms with E-state index in [-0.39, 0.29) is 11.4 Å². The molecule has 1 fully saturated rings. The zero-order valence-electron chi connectivity index (χ0n) is 19.9. The van der Waals surface area contributed by atoms with E-state index in [1.807, 2.05) is 6.07 Å². The van der Waals surface area contributed by atoms with Gasteiger partial charge in [0.1, 0.15) is 5.75 Å². The topological polar surface area (TPSA) is 50.4 Å². The maximum atomic E-state index is 12.3. The summed E-state index contributed by atoms with van der Waals surface area (Å²) in [5, 5.41) is 6.21. The fourth-order valence-electron chi connectivity index (χ4n) is 4.08. The molecule has 1 aromatic carbocycles. The van der Waals surface area contributed by atoms with Crippen molar-refractivity contribution in [2.75, 3.05) is 13.2 Å². The molecule has 0 atom stereocenters. The Morgan fingerprint density at radius 3 is 2.13 bits per heavy atom. The number of ether oxygens (including phenoxy) is 1. The van der Waals surface area contributed by atoms with E-state index in [1.165, 1.54) is 63.4 Å². The Morgan fingerprint density at radius 1 is 1.00 bits per heavy atom. The van der Waals surface area contributed by atoms with Crippen LogP contribution in [0.25, 0.3) is 0 Å². The summed E-state index contributed by atoms with van der Waals surface area (Å²) in [6.45, 7) is 7.81. The van der Waals surface area contributed by atoms with Gasteiger partial charge in [-0.2, -0.15) is 0 Å². The average Bonchev–Trinajstić information content (AvgIpc) is 2.70. The van der Waals surface area contributed by atoms with Gasteiger partial charge in [0, 0.05) is 12.6 Å². The quantitative estimate of drug-likeness (QED) is 0.402. The van der Waals surface area contributed by atoms with Crippen molar-refractivity contribution < 1.29 is 9.53 Å². The Morgan fingerprint density at radius 2 is 1.58 bits per heavy atom. The van der Waals surface area contributed by atoms with Crippen molar-refractivity contribution >= 4 is 22.0 Å². The summed E-state index contributed by atoms with van der Waals surface area (Å²) in [6.07, 6.45) is 14.9. The maximum Gasteiger partial charge on any atom is 0.315 e. The molecule has 176 valence electrons. The highest BCUT2D eigenvalue weighted by Crippen LogP contribution is 2.31. The van der Waals surface area contributed by atoms with Gasteiger partial charge in [0.2, 0.25) is 0 Å². The van der Waals surface area contributed by atoms with Crippen molar-refractivity contribution in [3.63, 3.8) is 0 Å². The van der Waals surface area contributed by atoms with Gasteiger partial charge in [-0.15, -0.1) is 0 Å². The zero-order valence-corrected chi connectivity index (χ0v) is 21.5. The van der Waals surface area contributed by atoms with E-state index in [2.05, 4.69) is 59.5 Å². The van der Waals surface area contributed by atoms with Crippen molar-refractivity contribution in [2.45, 2.75) is 109 Å². The third-order valence-electron chi connectivity index (χ3n) is 6.10. The second-order valence-corrected chi connectivity index (χ2v) is 10.8. The molecule has 1 aromatic rings. The molecule has 0 radical (unpaired) electrons. The summed E-state index contributed by atoms with van der Waals surface area (Å²) in [4.78, 5) is 12.3. The van der Waals surface area contributed by atoms with Gasteiger partial charge in [0.05, 0.1) is 11.1 Å². The maximum absolute atomic E-state index is 12.3. The Labute approximate surface area is 198 Å². The van der Waals surface area contributed by atoms with Crippen molar-refractivity contribution in [3.05, 3.63) is 28.2 Å². The Hall–Kier alpha value is -1.23. The average molecular weight is 496 g/mol. The van der Waals surface area contributed by atoms with E-state index in [4.69, 9.17) is 4.74 Å². The lowest BCUT2D eigenvalue weighted by Gasteiger charge is -2.20. The first-order valence-corrected chi connectivity index (χ1v) is 13.1. The normalized spacial score (nSPS) is 17.3. The van der Waals surface area contributed by atoms with Gasteiger partial charge in [0.25, 0.3) is 0 Å². The number of hydrogen-bond acceptors (Lipinski definition) is 2. The largest absolute Gasteiger partial charge is 0.492 e. The molecule has 5 heteroatoms. The van der Waals surface area contributed by atoms with E-state index in [1.54, 1.807) is 0 Å². The van der Waals surface area contributed by atoms with E-state index in [9.17, 15) is 4.79 Å². The van der Waals surface area contributed by atoms with E-state index < -0.39 is 0 Å². The van der Waals surface area contributed by atoms with Gasteiger partial charge < -0.3 is 15.4 Å². The minimum atomic E-state index is -0.0344. The Balaban J connectivity index is 1.65. The van der Waals surface area contributed by atoms with E-state index in [0.717, 1.165) is 29.5 Å². The number of carbonyl (C=O) groups is 1. The van der Waals surface area contributed by atoms with Crippen LogP contribution >= 0.6 is 15.9 Å². The third kappa shape index (κ3) is 10.8. The van der Waals surface area contributed by atoms with Crippen molar-refractivity contribution in [1.29, 1.82) is 0 Å². The summed E-state index contributed by atoms with van der Waals surface area (Å²) in [7, 11) is 0. The first-order valence-electron chi connectivity index (χ1n) is 12.3. The summed E-state index contributed by atoms with van der Waals surface area (Å²) < 4.78 is 6.88. The lowest BCUT2D eigenvalue weighted by Crippen LogP contribution is -2.42. The lowest BCUT2D eigenvalue weighted by atomic mass is 9.87. The fraction of sp³-hybridized carbons (Fsp3) is 0.731. The minimum Gasteiger partial charge on any atom is -0.492 e. The zero-order chi connectivity index (χ0) is 22.5. The Bertz CT molecular complexity index is 645. The fourth-order valence-corrected chi connectivity index (χ4v) is 4.58. The second kappa shape index (κ2) is 14.0. The molecule has 1 aliphatic carbocycles. The molecular formula is C26H43BrN2O2. The first-order chi connectivity index (χ1) is 14.9. The van der Waals surface area contributed by atoms with Crippen LogP contribution in [0.15, 0.2) is 22.7 Å². The highest BCUT2D eigenvalue weighted by Gasteiger charge is 2.15. The van der Waals surface area contributed by atoms with Crippen LogP contribution in [0.2, 0.25) is 0 Å². The van der Waals surface area contributed by atoms with Crippen LogP contribution < -0.4 is 15.4 Å². The minimum absolute atomic E-state index is 0.0344. The van der Waals surface area contributed by atoms with Crippen LogP contribution in [-0.4, -0.2) is 25.2 Å². The monoisotopic (exact) mass is 494 g/mol. The standard InChI is InChI=1S/C26H43BrN2O2/c1-26(2,3)21-16-17-24(23(27)20-21)31-19-13-18-28-25(30)29-22-14-11-9-7-5-4-6-8-10-12-15-22/h16-17,20,22H,4-15,18-19H2,1-3H3,(H2,28,29,30). The molecule has 31 heavy (non-hydrogen) atoms. The molecule has 0 heterocycles. The van der Waals surface area contributed by atoms with E-state index in [0.29, 0.717) is 19.2 Å². The number of carbonyl (C=O) groups excluding carboxylic acids is 1. The molecule has 2 amide bonds. The molecule has 0 aliphatic heterocycles. The number of benzene rings is 1. The van der Waals surface area contributed by atoms with Gasteiger partial charge >= 0.3 is 6.03 Å². The number of urea groups is 1. The van der Waals surface area contributed by atoms with Crippen LogP contribution in [0.5, 0.6) is 5.75 Å². The van der Waals surface area contributed by atoms with Gasteiger partial charge in [-0.05, 0) is 58.3 Å². The third-order valence-corrected chi connectivity index (χ3v) is 6.72. The molecule has 0 spiro atoms. The molecular weight excluding hydrogens is 452 g/mol. The molecule has 0 unspecified atom stereocenters. The molecule has 2 rings (SSSR count). The summed E-state index contributed by atoms with van der Waals surface area (Å²) >= 11 is 3.61. The van der Waals surface area contributed by atoms with Crippen molar-refractivity contribution in [3.8, 4) is 5.75 Å². The van der Waals surface area contributed by atoms with Crippen LogP contribution in [-0.2, 0) is 5.41 Å². The van der Waals surface area contributed by atoms with Gasteiger partial charge in [-0.1, -0.05) is 84.6 Å². The molecule has 2 N–H and O–H groups in total. The van der Waals surface area contributed by atoms with Crippen LogP contribution in [0.1, 0.15) is 103 Å². The number of hydrogen-bond donors (Lipinski definition) is 2. The predicted octanol–water partition coefficient (Wildman–Crippen LogP) is 7.49. The van der Waals surface area contributed by atoms with Gasteiger partial charge in [-0.3, -0.25) is 0 Å². The highest BCUT2D eigenvalue weighted by atomic mass is 79.9. The summed E-state index contributed by atoms with van der Waals surface area (Å²) in [5.41, 5.74) is 1.39. The van der Waals surface area contributed by atoms with Crippen LogP contribution in [0.3, 0.4) is 0 Å². The molecule has 1 saturated carbocycles. The smallest absolute Gasteiger partial charge is 0.315 e. The van der Waals surface area contributed by atoms with Gasteiger partial charge in [0.15, 0.2) is 0 Å².